The van der Waals surface area contributed by atoms with E-state index in [1.54, 1.807) is 12.3 Å². The summed E-state index contributed by atoms with van der Waals surface area (Å²) >= 11 is 3.38. The summed E-state index contributed by atoms with van der Waals surface area (Å²) < 4.78 is 0.877. The molecule has 0 radical (unpaired) electrons. The summed E-state index contributed by atoms with van der Waals surface area (Å²) in [5.41, 5.74) is 0.966. The Kier molecular flexibility index (Phi) is 2.46. The summed E-state index contributed by atoms with van der Waals surface area (Å²) in [7, 11) is 0. The maximum absolute atomic E-state index is 12.6. The highest BCUT2D eigenvalue weighted by Crippen LogP contribution is 2.53. The summed E-state index contributed by atoms with van der Waals surface area (Å²) in [4.78, 5) is 30.7. The van der Waals surface area contributed by atoms with Crippen molar-refractivity contribution in [1.82, 2.24) is 4.98 Å². The van der Waals surface area contributed by atoms with E-state index in [2.05, 4.69) is 33.1 Å². The third-order valence-corrected chi connectivity index (χ3v) is 5.56. The number of aryl methyl sites for hydroxylation is 1. The van der Waals surface area contributed by atoms with Crippen LogP contribution in [0.15, 0.2) is 28.9 Å². The molecule has 1 saturated carbocycles. The molecule has 1 saturated heterocycles. The second kappa shape index (κ2) is 4.01. The van der Waals surface area contributed by atoms with Crippen molar-refractivity contribution in [2.45, 2.75) is 13.3 Å². The highest BCUT2D eigenvalue weighted by molar-refractivity contribution is 9.10. The van der Waals surface area contributed by atoms with E-state index in [0.717, 1.165) is 16.5 Å². The Labute approximate surface area is 125 Å². The minimum absolute atomic E-state index is 0.0777. The molecule has 20 heavy (non-hydrogen) atoms. The standard InChI is InChI=1S/C15H13BrN2O2/c1-7-4-11(17-6-10(7)16)18-14(19)12-8-2-3-9(5-8)13(12)15(18)20/h2-4,6,8-9,12-13H,5H2,1H3. The van der Waals surface area contributed by atoms with Crippen LogP contribution in [0, 0.1) is 30.6 Å². The summed E-state index contributed by atoms with van der Waals surface area (Å²) in [5.74, 6) is 0.448. The van der Waals surface area contributed by atoms with Crippen LogP contribution >= 0.6 is 15.9 Å². The van der Waals surface area contributed by atoms with Gasteiger partial charge >= 0.3 is 0 Å². The zero-order chi connectivity index (χ0) is 14.0. The molecule has 1 aliphatic heterocycles. The normalized spacial score (nSPS) is 34.2. The average Bonchev–Trinajstić information content (AvgIpc) is 3.08. The Morgan fingerprint density at radius 1 is 1.20 bits per heavy atom. The van der Waals surface area contributed by atoms with Gasteiger partial charge in [0.1, 0.15) is 5.82 Å². The van der Waals surface area contributed by atoms with Gasteiger partial charge in [0.05, 0.1) is 11.8 Å². The summed E-state index contributed by atoms with van der Waals surface area (Å²) in [6, 6.07) is 1.79. The van der Waals surface area contributed by atoms with Crippen LogP contribution < -0.4 is 4.90 Å². The first-order valence-electron chi connectivity index (χ1n) is 6.76. The zero-order valence-corrected chi connectivity index (χ0v) is 12.5. The molecule has 0 aromatic carbocycles. The Morgan fingerprint density at radius 3 is 2.35 bits per heavy atom. The smallest absolute Gasteiger partial charge is 0.239 e. The van der Waals surface area contributed by atoms with Gasteiger partial charge in [0.15, 0.2) is 0 Å². The second-order valence-electron chi connectivity index (χ2n) is 5.80. The molecule has 5 heteroatoms. The van der Waals surface area contributed by atoms with Gasteiger partial charge in [0.25, 0.3) is 0 Å². The lowest BCUT2D eigenvalue weighted by molar-refractivity contribution is -0.123. The number of allylic oxidation sites excluding steroid dienone is 2. The van der Waals surface area contributed by atoms with Gasteiger partial charge in [-0.15, -0.1) is 0 Å². The number of rotatable bonds is 1. The van der Waals surface area contributed by atoms with E-state index >= 15 is 0 Å². The number of hydrogen-bond donors (Lipinski definition) is 0. The van der Waals surface area contributed by atoms with Crippen LogP contribution in [0.3, 0.4) is 0 Å². The molecule has 2 amide bonds. The fourth-order valence-electron chi connectivity index (χ4n) is 3.77. The number of carbonyl (C=O) groups is 2. The fourth-order valence-corrected chi connectivity index (χ4v) is 3.99. The van der Waals surface area contributed by atoms with Crippen LogP contribution in [0.1, 0.15) is 12.0 Å². The predicted molar refractivity (Wildman–Crippen MR) is 76.9 cm³/mol. The van der Waals surface area contributed by atoms with Crippen LogP contribution in [0.2, 0.25) is 0 Å². The molecule has 2 fully saturated rings. The van der Waals surface area contributed by atoms with Crippen LogP contribution in [-0.2, 0) is 9.59 Å². The average molecular weight is 333 g/mol. The van der Waals surface area contributed by atoms with Crippen molar-refractivity contribution < 1.29 is 9.59 Å². The Balaban J connectivity index is 1.76. The van der Waals surface area contributed by atoms with Crippen LogP contribution in [-0.4, -0.2) is 16.8 Å². The molecular weight excluding hydrogens is 320 g/mol. The van der Waals surface area contributed by atoms with E-state index in [9.17, 15) is 9.59 Å². The quantitative estimate of drug-likeness (QED) is 0.586. The first-order chi connectivity index (χ1) is 9.58. The second-order valence-corrected chi connectivity index (χ2v) is 6.66. The van der Waals surface area contributed by atoms with Crippen molar-refractivity contribution in [3.8, 4) is 0 Å². The molecule has 4 unspecified atom stereocenters. The number of carbonyl (C=O) groups excluding carboxylic acids is 2. The molecule has 102 valence electrons. The number of nitrogens with zero attached hydrogens (tertiary/aromatic N) is 2. The molecular formula is C15H13BrN2O2. The fraction of sp³-hybridized carbons (Fsp3) is 0.400. The van der Waals surface area contributed by atoms with Gasteiger partial charge in [0.2, 0.25) is 11.8 Å². The van der Waals surface area contributed by atoms with E-state index in [1.807, 2.05) is 6.92 Å². The molecule has 0 spiro atoms. The van der Waals surface area contributed by atoms with Crippen molar-refractivity contribution in [2.75, 3.05) is 4.90 Å². The monoisotopic (exact) mass is 332 g/mol. The Morgan fingerprint density at radius 2 is 1.80 bits per heavy atom. The van der Waals surface area contributed by atoms with Gasteiger partial charge in [-0.3, -0.25) is 9.59 Å². The number of amides is 2. The van der Waals surface area contributed by atoms with E-state index < -0.39 is 0 Å². The lowest BCUT2D eigenvalue weighted by Gasteiger charge is -2.16. The van der Waals surface area contributed by atoms with Gasteiger partial charge in [0, 0.05) is 10.7 Å². The van der Waals surface area contributed by atoms with Gasteiger partial charge in [-0.25, -0.2) is 9.88 Å². The third-order valence-electron chi connectivity index (χ3n) is 4.73. The minimum Gasteiger partial charge on any atom is -0.274 e. The number of fused-ring (bicyclic) bond motifs is 5. The number of pyridine rings is 1. The topological polar surface area (TPSA) is 50.3 Å². The number of imide groups is 1. The van der Waals surface area contributed by atoms with Crippen molar-refractivity contribution in [3.05, 3.63) is 34.5 Å². The Bertz CT molecular complexity index is 640. The highest BCUT2D eigenvalue weighted by atomic mass is 79.9. The van der Waals surface area contributed by atoms with Crippen molar-refractivity contribution in [2.24, 2.45) is 23.7 Å². The summed E-state index contributed by atoms with van der Waals surface area (Å²) in [6.45, 7) is 1.92. The predicted octanol–water partition coefficient (Wildman–Crippen LogP) is 2.46. The highest BCUT2D eigenvalue weighted by Gasteiger charge is 2.59. The first kappa shape index (κ1) is 12.3. The number of hydrogen-bond acceptors (Lipinski definition) is 3. The number of anilines is 1. The molecule has 3 aliphatic rings. The maximum atomic E-state index is 12.6. The van der Waals surface area contributed by atoms with E-state index in [-0.39, 0.29) is 35.5 Å². The molecule has 4 nitrogen and oxygen atoms in total. The van der Waals surface area contributed by atoms with Crippen molar-refractivity contribution >= 4 is 33.6 Å². The molecule has 2 bridgehead atoms. The lowest BCUT2D eigenvalue weighted by atomic mass is 9.85. The molecule has 4 atom stereocenters. The number of aromatic nitrogens is 1. The molecule has 0 N–H and O–H groups in total. The molecule has 1 aromatic rings. The van der Waals surface area contributed by atoms with E-state index in [0.29, 0.717) is 5.82 Å². The van der Waals surface area contributed by atoms with E-state index in [4.69, 9.17) is 0 Å². The largest absolute Gasteiger partial charge is 0.274 e. The van der Waals surface area contributed by atoms with E-state index in [1.165, 1.54) is 4.90 Å². The maximum Gasteiger partial charge on any atom is 0.239 e. The molecule has 2 heterocycles. The van der Waals surface area contributed by atoms with Gasteiger partial charge in [-0.2, -0.15) is 0 Å². The summed E-state index contributed by atoms with van der Waals surface area (Å²) in [5, 5.41) is 0. The van der Waals surface area contributed by atoms with Gasteiger partial charge in [-0.05, 0) is 52.7 Å². The minimum atomic E-state index is -0.164. The zero-order valence-electron chi connectivity index (χ0n) is 10.9. The SMILES string of the molecule is Cc1cc(N2C(=O)C3C4C=CC(C4)C3C2=O)ncc1Br. The first-order valence-corrected chi connectivity index (χ1v) is 7.55. The van der Waals surface area contributed by atoms with Crippen molar-refractivity contribution in [3.63, 3.8) is 0 Å². The van der Waals surface area contributed by atoms with Crippen molar-refractivity contribution in [1.29, 1.82) is 0 Å². The van der Waals surface area contributed by atoms with Crippen LogP contribution in [0.5, 0.6) is 0 Å². The van der Waals surface area contributed by atoms with Crippen LogP contribution in [0.25, 0.3) is 0 Å². The third kappa shape index (κ3) is 1.44. The molecule has 2 aliphatic carbocycles. The molecule has 1 aromatic heterocycles. The lowest BCUT2D eigenvalue weighted by Crippen LogP contribution is -2.33. The Hall–Kier alpha value is -1.49. The summed E-state index contributed by atoms with van der Waals surface area (Å²) in [6.07, 6.45) is 6.79. The van der Waals surface area contributed by atoms with Crippen LogP contribution in [0.4, 0.5) is 5.82 Å². The van der Waals surface area contributed by atoms with Gasteiger partial charge < -0.3 is 0 Å². The molecule has 4 rings (SSSR count). The van der Waals surface area contributed by atoms with Gasteiger partial charge in [-0.1, -0.05) is 12.2 Å². The number of halogens is 1.